The number of aliphatic hydroxyl groups is 1. The molecular formula is C20H18N4O3. The van der Waals surface area contributed by atoms with Gasteiger partial charge in [-0.2, -0.15) is 0 Å². The number of aliphatic hydroxyl groups excluding tert-OH is 1. The second kappa shape index (κ2) is 7.53. The highest BCUT2D eigenvalue weighted by atomic mass is 16.5. The number of benzene rings is 1. The number of hydrogen-bond acceptors (Lipinski definition) is 6. The van der Waals surface area contributed by atoms with Gasteiger partial charge in [-0.05, 0) is 30.3 Å². The van der Waals surface area contributed by atoms with Crippen LogP contribution in [0.2, 0.25) is 0 Å². The first-order valence-electron chi connectivity index (χ1n) is 8.43. The molecule has 0 saturated heterocycles. The molecule has 7 nitrogen and oxygen atoms in total. The number of fused-ring (bicyclic) bond motifs is 1. The van der Waals surface area contributed by atoms with Gasteiger partial charge < -0.3 is 19.6 Å². The molecule has 2 N–H and O–H groups in total. The Morgan fingerprint density at radius 1 is 1.11 bits per heavy atom. The summed E-state index contributed by atoms with van der Waals surface area (Å²) in [7, 11) is 1.62. The summed E-state index contributed by atoms with van der Waals surface area (Å²) in [6.45, 7) is 0.283. The van der Waals surface area contributed by atoms with Gasteiger partial charge >= 0.3 is 0 Å². The minimum absolute atomic E-state index is 0.160. The van der Waals surface area contributed by atoms with Crippen LogP contribution in [0.1, 0.15) is 11.3 Å². The summed E-state index contributed by atoms with van der Waals surface area (Å²) < 4.78 is 11.0. The number of ether oxygens (including phenoxy) is 2. The molecule has 136 valence electrons. The van der Waals surface area contributed by atoms with Gasteiger partial charge in [-0.25, -0.2) is 4.98 Å². The van der Waals surface area contributed by atoms with Crippen LogP contribution in [-0.4, -0.2) is 32.2 Å². The first kappa shape index (κ1) is 17.1. The SMILES string of the molecule is COCc1ccc(Oc2cc3[nH]c(-c4ccccn4)nc3cc2CO)cn1. The van der Waals surface area contributed by atoms with Gasteiger partial charge in [-0.3, -0.25) is 9.97 Å². The number of aromatic amines is 1. The third-order valence-corrected chi connectivity index (χ3v) is 4.06. The third kappa shape index (κ3) is 3.64. The Morgan fingerprint density at radius 3 is 2.74 bits per heavy atom. The van der Waals surface area contributed by atoms with E-state index in [4.69, 9.17) is 9.47 Å². The van der Waals surface area contributed by atoms with Crippen molar-refractivity contribution in [3.63, 3.8) is 0 Å². The minimum Gasteiger partial charge on any atom is -0.455 e. The van der Waals surface area contributed by atoms with Crippen molar-refractivity contribution in [2.45, 2.75) is 13.2 Å². The number of H-pyrrole nitrogens is 1. The lowest BCUT2D eigenvalue weighted by atomic mass is 10.2. The zero-order valence-corrected chi connectivity index (χ0v) is 14.7. The summed E-state index contributed by atoms with van der Waals surface area (Å²) in [5.41, 5.74) is 3.74. The van der Waals surface area contributed by atoms with Crippen LogP contribution in [0.4, 0.5) is 0 Å². The minimum atomic E-state index is -0.160. The molecule has 1 aromatic carbocycles. The predicted molar refractivity (Wildman–Crippen MR) is 100 cm³/mol. The van der Waals surface area contributed by atoms with E-state index in [0.29, 0.717) is 29.5 Å². The van der Waals surface area contributed by atoms with Crippen LogP contribution in [0.15, 0.2) is 54.9 Å². The highest BCUT2D eigenvalue weighted by Crippen LogP contribution is 2.30. The van der Waals surface area contributed by atoms with Crippen LogP contribution >= 0.6 is 0 Å². The third-order valence-electron chi connectivity index (χ3n) is 4.06. The molecular weight excluding hydrogens is 344 g/mol. The van der Waals surface area contributed by atoms with Crippen LogP contribution < -0.4 is 4.74 Å². The van der Waals surface area contributed by atoms with Crippen LogP contribution in [0, 0.1) is 0 Å². The predicted octanol–water partition coefficient (Wildman–Crippen LogP) is 3.45. The molecule has 0 aliphatic carbocycles. The van der Waals surface area contributed by atoms with E-state index in [9.17, 15) is 5.11 Å². The van der Waals surface area contributed by atoms with Crippen molar-refractivity contribution < 1.29 is 14.6 Å². The maximum atomic E-state index is 9.73. The lowest BCUT2D eigenvalue weighted by Gasteiger charge is -2.10. The monoisotopic (exact) mass is 362 g/mol. The van der Waals surface area contributed by atoms with Gasteiger partial charge in [-0.15, -0.1) is 0 Å². The Kier molecular flexibility index (Phi) is 4.78. The van der Waals surface area contributed by atoms with Crippen molar-refractivity contribution in [3.05, 3.63) is 66.1 Å². The average Bonchev–Trinajstić information content (AvgIpc) is 3.12. The summed E-state index contributed by atoms with van der Waals surface area (Å²) in [4.78, 5) is 16.4. The maximum Gasteiger partial charge on any atom is 0.157 e. The Bertz CT molecular complexity index is 1050. The van der Waals surface area contributed by atoms with E-state index >= 15 is 0 Å². The molecule has 0 fully saturated rings. The van der Waals surface area contributed by atoms with Crippen LogP contribution in [-0.2, 0) is 18.0 Å². The largest absolute Gasteiger partial charge is 0.455 e. The molecule has 27 heavy (non-hydrogen) atoms. The fourth-order valence-corrected chi connectivity index (χ4v) is 2.75. The summed E-state index contributed by atoms with van der Waals surface area (Å²) >= 11 is 0. The second-order valence-corrected chi connectivity index (χ2v) is 5.96. The zero-order valence-electron chi connectivity index (χ0n) is 14.7. The standard InChI is InChI=1S/C20H18N4O3/c1-26-12-14-5-6-15(10-22-14)27-19-9-18-17(8-13(19)11-25)23-20(24-18)16-4-2-3-7-21-16/h2-10,25H,11-12H2,1H3,(H,23,24). The van der Waals surface area contributed by atoms with E-state index < -0.39 is 0 Å². The lowest BCUT2D eigenvalue weighted by molar-refractivity contribution is 0.181. The molecule has 0 radical (unpaired) electrons. The highest BCUT2D eigenvalue weighted by molar-refractivity contribution is 5.81. The Hall–Kier alpha value is -3.29. The molecule has 0 aliphatic rings. The molecule has 0 atom stereocenters. The maximum absolute atomic E-state index is 9.73. The zero-order chi connectivity index (χ0) is 18.6. The van der Waals surface area contributed by atoms with Gasteiger partial charge in [0.1, 0.15) is 17.2 Å². The Morgan fingerprint density at radius 2 is 2.04 bits per heavy atom. The van der Waals surface area contributed by atoms with E-state index in [0.717, 1.165) is 22.4 Å². The molecule has 3 heterocycles. The van der Waals surface area contributed by atoms with Gasteiger partial charge in [0.15, 0.2) is 5.82 Å². The highest BCUT2D eigenvalue weighted by Gasteiger charge is 2.12. The molecule has 0 saturated carbocycles. The number of nitrogens with zero attached hydrogens (tertiary/aromatic N) is 3. The van der Waals surface area contributed by atoms with Crippen molar-refractivity contribution in [1.82, 2.24) is 19.9 Å². The molecule has 4 aromatic rings. The molecule has 0 spiro atoms. The number of aromatic nitrogens is 4. The van der Waals surface area contributed by atoms with Gasteiger partial charge in [0, 0.05) is 24.9 Å². The number of methoxy groups -OCH3 is 1. The topological polar surface area (TPSA) is 93.2 Å². The number of pyridine rings is 2. The van der Waals surface area contributed by atoms with Crippen molar-refractivity contribution in [1.29, 1.82) is 0 Å². The van der Waals surface area contributed by atoms with Crippen molar-refractivity contribution in [2.75, 3.05) is 7.11 Å². The molecule has 4 rings (SSSR count). The molecule has 0 amide bonds. The van der Waals surface area contributed by atoms with E-state index in [1.54, 1.807) is 25.6 Å². The fourth-order valence-electron chi connectivity index (χ4n) is 2.75. The Labute approximate surface area is 155 Å². The number of hydrogen-bond donors (Lipinski definition) is 2. The molecule has 0 unspecified atom stereocenters. The normalized spacial score (nSPS) is 11.0. The van der Waals surface area contributed by atoms with Crippen molar-refractivity contribution >= 4 is 11.0 Å². The quantitative estimate of drug-likeness (QED) is 0.546. The van der Waals surface area contributed by atoms with Crippen LogP contribution in [0.3, 0.4) is 0 Å². The smallest absolute Gasteiger partial charge is 0.157 e. The Balaban J connectivity index is 1.67. The van der Waals surface area contributed by atoms with Crippen molar-refractivity contribution in [3.8, 4) is 23.0 Å². The number of nitrogens with one attached hydrogen (secondary N) is 1. The summed E-state index contributed by atoms with van der Waals surface area (Å²) in [6.07, 6.45) is 3.35. The van der Waals surface area contributed by atoms with E-state index in [-0.39, 0.29) is 6.61 Å². The van der Waals surface area contributed by atoms with Gasteiger partial charge in [0.2, 0.25) is 0 Å². The first-order valence-corrected chi connectivity index (χ1v) is 8.43. The van der Waals surface area contributed by atoms with E-state index in [1.807, 2.05) is 36.4 Å². The first-order chi connectivity index (χ1) is 13.3. The molecule has 0 aliphatic heterocycles. The number of rotatable bonds is 6. The molecule has 0 bridgehead atoms. The van der Waals surface area contributed by atoms with E-state index in [2.05, 4.69) is 19.9 Å². The molecule has 7 heteroatoms. The summed E-state index contributed by atoms with van der Waals surface area (Å²) in [5.74, 6) is 1.79. The lowest BCUT2D eigenvalue weighted by Crippen LogP contribution is -1.95. The van der Waals surface area contributed by atoms with Gasteiger partial charge in [0.05, 0.1) is 36.1 Å². The van der Waals surface area contributed by atoms with Crippen LogP contribution in [0.25, 0.3) is 22.6 Å². The summed E-state index contributed by atoms with van der Waals surface area (Å²) in [6, 6.07) is 12.9. The molecule has 3 aromatic heterocycles. The van der Waals surface area contributed by atoms with E-state index in [1.165, 1.54) is 0 Å². The fraction of sp³-hybridized carbons (Fsp3) is 0.150. The average molecular weight is 362 g/mol. The second-order valence-electron chi connectivity index (χ2n) is 5.96. The van der Waals surface area contributed by atoms with Crippen LogP contribution in [0.5, 0.6) is 11.5 Å². The summed E-state index contributed by atoms with van der Waals surface area (Å²) in [5, 5.41) is 9.73. The van der Waals surface area contributed by atoms with Gasteiger partial charge in [0.25, 0.3) is 0 Å². The van der Waals surface area contributed by atoms with Crippen molar-refractivity contribution in [2.24, 2.45) is 0 Å². The van der Waals surface area contributed by atoms with Gasteiger partial charge in [-0.1, -0.05) is 6.07 Å². The number of imidazole rings is 1.